The van der Waals surface area contributed by atoms with E-state index in [0.29, 0.717) is 6.54 Å². The number of benzene rings is 1. The summed E-state index contributed by atoms with van der Waals surface area (Å²) < 4.78 is 0. The van der Waals surface area contributed by atoms with Crippen LogP contribution in [0.4, 0.5) is 0 Å². The van der Waals surface area contributed by atoms with E-state index in [0.717, 1.165) is 5.56 Å². The standard InChI is InChI=1S/C14H19N2O2/c1-10(2)13(14(15)18)16(11(3)17)9-12-7-5-4-6-8-12/h4-8,10,13,15H,9H2,1-3H3. The zero-order valence-electron chi connectivity index (χ0n) is 11.0. The van der Waals surface area contributed by atoms with Crippen LogP contribution in [0.5, 0.6) is 0 Å². The van der Waals surface area contributed by atoms with Gasteiger partial charge < -0.3 is 4.90 Å². The van der Waals surface area contributed by atoms with Gasteiger partial charge in [0, 0.05) is 13.5 Å². The Morgan fingerprint density at radius 1 is 1.22 bits per heavy atom. The molecule has 0 aliphatic heterocycles. The molecule has 0 aromatic heterocycles. The van der Waals surface area contributed by atoms with E-state index in [1.165, 1.54) is 11.8 Å². The van der Waals surface area contributed by atoms with Crippen molar-refractivity contribution >= 4 is 11.8 Å². The zero-order valence-corrected chi connectivity index (χ0v) is 11.0. The molecule has 1 unspecified atom stereocenters. The average Bonchev–Trinajstić information content (AvgIpc) is 2.28. The van der Waals surface area contributed by atoms with Crippen molar-refractivity contribution in [3.63, 3.8) is 0 Å². The highest BCUT2D eigenvalue weighted by Gasteiger charge is 2.29. The van der Waals surface area contributed by atoms with Crippen LogP contribution in [-0.4, -0.2) is 22.8 Å². The fourth-order valence-corrected chi connectivity index (χ4v) is 1.99. The average molecular weight is 247 g/mol. The number of amides is 2. The number of carbonyl (C=O) groups is 2. The Bertz CT molecular complexity index is 415. The van der Waals surface area contributed by atoms with E-state index in [-0.39, 0.29) is 11.8 Å². The summed E-state index contributed by atoms with van der Waals surface area (Å²) >= 11 is 0. The first kappa shape index (κ1) is 14.2. The summed E-state index contributed by atoms with van der Waals surface area (Å²) in [6, 6.07) is 8.81. The van der Waals surface area contributed by atoms with Gasteiger partial charge in [-0.1, -0.05) is 44.2 Å². The Morgan fingerprint density at radius 2 is 1.78 bits per heavy atom. The molecule has 1 rings (SSSR count). The molecule has 1 aromatic rings. The van der Waals surface area contributed by atoms with Gasteiger partial charge in [0.1, 0.15) is 6.04 Å². The third-order valence-corrected chi connectivity index (χ3v) is 2.84. The number of rotatable bonds is 5. The highest BCUT2D eigenvalue weighted by atomic mass is 16.2. The van der Waals surface area contributed by atoms with Crippen molar-refractivity contribution in [1.82, 2.24) is 10.6 Å². The molecule has 1 radical (unpaired) electrons. The third kappa shape index (κ3) is 3.58. The van der Waals surface area contributed by atoms with Gasteiger partial charge in [0.25, 0.3) is 5.91 Å². The molecule has 0 aliphatic rings. The van der Waals surface area contributed by atoms with Gasteiger partial charge in [-0.3, -0.25) is 15.3 Å². The summed E-state index contributed by atoms with van der Waals surface area (Å²) in [6.45, 7) is 5.49. The van der Waals surface area contributed by atoms with E-state index < -0.39 is 11.9 Å². The number of hydrogen-bond donors (Lipinski definition) is 0. The molecule has 2 amide bonds. The maximum absolute atomic E-state index is 11.7. The van der Waals surface area contributed by atoms with Crippen LogP contribution in [0.3, 0.4) is 0 Å². The Morgan fingerprint density at radius 3 is 2.17 bits per heavy atom. The molecule has 0 saturated carbocycles. The van der Waals surface area contributed by atoms with Gasteiger partial charge in [-0.05, 0) is 11.5 Å². The first-order chi connectivity index (χ1) is 8.43. The van der Waals surface area contributed by atoms with Crippen molar-refractivity contribution in [2.75, 3.05) is 0 Å². The second kappa shape index (κ2) is 6.19. The van der Waals surface area contributed by atoms with Gasteiger partial charge in [-0.25, -0.2) is 0 Å². The molecule has 0 spiro atoms. The van der Waals surface area contributed by atoms with Gasteiger partial charge in [0.2, 0.25) is 5.91 Å². The van der Waals surface area contributed by atoms with Crippen LogP contribution in [0.25, 0.3) is 0 Å². The summed E-state index contributed by atoms with van der Waals surface area (Å²) in [5.74, 6) is -0.961. The molecule has 4 nitrogen and oxygen atoms in total. The van der Waals surface area contributed by atoms with E-state index in [1.54, 1.807) is 0 Å². The van der Waals surface area contributed by atoms with Crippen LogP contribution in [0.1, 0.15) is 26.3 Å². The van der Waals surface area contributed by atoms with E-state index in [9.17, 15) is 9.59 Å². The van der Waals surface area contributed by atoms with E-state index in [2.05, 4.69) is 0 Å². The summed E-state index contributed by atoms with van der Waals surface area (Å²) in [5, 5.41) is 0. The molecule has 0 heterocycles. The van der Waals surface area contributed by atoms with E-state index in [1.807, 2.05) is 44.2 Å². The van der Waals surface area contributed by atoms with Crippen molar-refractivity contribution in [2.24, 2.45) is 5.92 Å². The van der Waals surface area contributed by atoms with Gasteiger partial charge in [0.15, 0.2) is 0 Å². The minimum absolute atomic E-state index is 0.0670. The summed E-state index contributed by atoms with van der Waals surface area (Å²) in [4.78, 5) is 24.6. The van der Waals surface area contributed by atoms with E-state index in [4.69, 9.17) is 5.73 Å². The molecule has 1 aromatic carbocycles. The van der Waals surface area contributed by atoms with Gasteiger partial charge in [-0.2, -0.15) is 0 Å². The topological polar surface area (TPSA) is 61.2 Å². The van der Waals surface area contributed by atoms with Crippen LogP contribution >= 0.6 is 0 Å². The lowest BCUT2D eigenvalue weighted by molar-refractivity contribution is -0.140. The molecule has 1 atom stereocenters. The number of carbonyl (C=O) groups excluding carboxylic acids is 2. The highest BCUT2D eigenvalue weighted by Crippen LogP contribution is 2.15. The molecular formula is C14H19N2O2. The first-order valence-electron chi connectivity index (χ1n) is 6.00. The smallest absolute Gasteiger partial charge is 0.261 e. The number of nitrogens with zero attached hydrogens (tertiary/aromatic N) is 1. The Labute approximate surface area is 108 Å². The van der Waals surface area contributed by atoms with Crippen molar-refractivity contribution in [3.05, 3.63) is 35.9 Å². The highest BCUT2D eigenvalue weighted by molar-refractivity contribution is 5.85. The fourth-order valence-electron chi connectivity index (χ4n) is 1.99. The van der Waals surface area contributed by atoms with E-state index >= 15 is 0 Å². The molecule has 4 heteroatoms. The van der Waals surface area contributed by atoms with Crippen LogP contribution < -0.4 is 5.73 Å². The number of hydrogen-bond acceptors (Lipinski definition) is 2. The first-order valence-corrected chi connectivity index (χ1v) is 6.00. The fraction of sp³-hybridized carbons (Fsp3) is 0.429. The predicted octanol–water partition coefficient (Wildman–Crippen LogP) is 1.87. The normalized spacial score (nSPS) is 12.2. The summed E-state index contributed by atoms with van der Waals surface area (Å²) in [5.41, 5.74) is 8.28. The van der Waals surface area contributed by atoms with Gasteiger partial charge in [-0.15, -0.1) is 0 Å². The van der Waals surface area contributed by atoms with Crippen molar-refractivity contribution < 1.29 is 9.59 Å². The van der Waals surface area contributed by atoms with Crippen LogP contribution in [-0.2, 0) is 16.1 Å². The quantitative estimate of drug-likeness (QED) is 0.797. The number of nitrogens with one attached hydrogen (secondary N) is 1. The second-order valence-corrected chi connectivity index (χ2v) is 4.69. The Hall–Kier alpha value is -1.84. The molecule has 18 heavy (non-hydrogen) atoms. The molecule has 1 N–H and O–H groups in total. The molecule has 0 fully saturated rings. The van der Waals surface area contributed by atoms with Crippen molar-refractivity contribution in [1.29, 1.82) is 0 Å². The molecule has 0 aliphatic carbocycles. The van der Waals surface area contributed by atoms with Gasteiger partial charge >= 0.3 is 0 Å². The molecule has 97 valence electrons. The Balaban J connectivity index is 2.95. The molecular weight excluding hydrogens is 228 g/mol. The second-order valence-electron chi connectivity index (χ2n) is 4.69. The minimum atomic E-state index is -0.712. The molecule has 0 bridgehead atoms. The lowest BCUT2D eigenvalue weighted by Gasteiger charge is -2.31. The van der Waals surface area contributed by atoms with Crippen molar-refractivity contribution in [2.45, 2.75) is 33.4 Å². The minimum Gasteiger partial charge on any atom is -0.326 e. The lowest BCUT2D eigenvalue weighted by Crippen LogP contribution is -2.47. The van der Waals surface area contributed by atoms with Crippen molar-refractivity contribution in [3.8, 4) is 0 Å². The zero-order chi connectivity index (χ0) is 13.7. The molecule has 0 saturated heterocycles. The monoisotopic (exact) mass is 247 g/mol. The maximum atomic E-state index is 11.7. The van der Waals surface area contributed by atoms with Crippen LogP contribution in [0.2, 0.25) is 0 Å². The summed E-state index contributed by atoms with van der Waals surface area (Å²) in [6.07, 6.45) is 0. The third-order valence-electron chi connectivity index (χ3n) is 2.84. The maximum Gasteiger partial charge on any atom is 0.261 e. The van der Waals surface area contributed by atoms with Crippen LogP contribution in [0, 0.1) is 5.92 Å². The van der Waals surface area contributed by atoms with Crippen LogP contribution in [0.15, 0.2) is 30.3 Å². The largest absolute Gasteiger partial charge is 0.326 e. The summed E-state index contributed by atoms with van der Waals surface area (Å²) in [7, 11) is 0. The Kier molecular flexibility index (Phi) is 4.89. The van der Waals surface area contributed by atoms with Gasteiger partial charge in [0.05, 0.1) is 0 Å². The SMILES string of the molecule is CC(=O)N(Cc1ccccc1)C(C([NH])=O)C(C)C. The predicted molar refractivity (Wildman–Crippen MR) is 69.4 cm³/mol. The lowest BCUT2D eigenvalue weighted by atomic mass is 10.0.